The van der Waals surface area contributed by atoms with Gasteiger partial charge in [-0.2, -0.15) is 0 Å². The Morgan fingerprint density at radius 2 is 2.05 bits per heavy atom. The van der Waals surface area contributed by atoms with Crippen molar-refractivity contribution in [3.8, 4) is 5.75 Å². The summed E-state index contributed by atoms with van der Waals surface area (Å²) in [7, 11) is 1.65. The Balaban J connectivity index is 1.54. The second-order valence-electron chi connectivity index (χ2n) is 5.90. The second-order valence-corrected chi connectivity index (χ2v) is 5.90. The number of carbonyl (C=O) groups is 1. The summed E-state index contributed by atoms with van der Waals surface area (Å²) in [4.78, 5) is 11.9. The molecule has 2 bridgehead atoms. The molecule has 2 fully saturated rings. The zero-order chi connectivity index (χ0) is 13.9. The Morgan fingerprint density at radius 1 is 1.25 bits per heavy atom. The highest BCUT2D eigenvalue weighted by Crippen LogP contribution is 2.44. The molecule has 0 spiro atoms. The maximum absolute atomic E-state index is 11.9. The maximum Gasteiger partial charge on any atom is 0.244 e. The summed E-state index contributed by atoms with van der Waals surface area (Å²) in [6, 6.07) is 8.09. The number of nitrogens with one attached hydrogen (secondary N) is 1. The molecule has 2 aliphatic rings. The van der Waals surface area contributed by atoms with Crippen LogP contribution in [-0.2, 0) is 4.79 Å². The lowest BCUT2D eigenvalue weighted by atomic mass is 9.95. The SMILES string of the molecule is COc1ccc(/C=C/C(=O)N[C@H]2C[C@H]3CC[C@H]2C3)cc1. The fraction of sp³-hybridized carbons (Fsp3) is 0.471. The number of carbonyl (C=O) groups excluding carboxylic acids is 1. The van der Waals surface area contributed by atoms with Gasteiger partial charge < -0.3 is 10.1 Å². The summed E-state index contributed by atoms with van der Waals surface area (Å²) in [5.74, 6) is 2.43. The zero-order valence-electron chi connectivity index (χ0n) is 11.8. The summed E-state index contributed by atoms with van der Waals surface area (Å²) < 4.78 is 5.11. The van der Waals surface area contributed by atoms with Crippen molar-refractivity contribution in [1.82, 2.24) is 5.32 Å². The molecule has 1 N–H and O–H groups in total. The fourth-order valence-corrected chi connectivity index (χ4v) is 3.54. The highest BCUT2D eigenvalue weighted by Gasteiger charge is 2.39. The predicted molar refractivity (Wildman–Crippen MR) is 79.4 cm³/mol. The molecule has 1 aromatic carbocycles. The number of amides is 1. The van der Waals surface area contributed by atoms with Crippen molar-refractivity contribution in [1.29, 1.82) is 0 Å². The van der Waals surface area contributed by atoms with E-state index in [1.807, 2.05) is 30.3 Å². The number of fused-ring (bicyclic) bond motifs is 2. The Morgan fingerprint density at radius 3 is 2.65 bits per heavy atom. The number of benzene rings is 1. The van der Waals surface area contributed by atoms with Gasteiger partial charge >= 0.3 is 0 Å². The normalized spacial score (nSPS) is 27.9. The minimum Gasteiger partial charge on any atom is -0.497 e. The summed E-state index contributed by atoms with van der Waals surface area (Å²) in [5, 5.41) is 3.15. The molecule has 1 aromatic rings. The molecule has 0 heterocycles. The summed E-state index contributed by atoms with van der Waals surface area (Å²) in [6.07, 6.45) is 8.62. The largest absolute Gasteiger partial charge is 0.497 e. The number of hydrogen-bond acceptors (Lipinski definition) is 2. The van der Waals surface area contributed by atoms with Crippen LogP contribution in [0.5, 0.6) is 5.75 Å². The molecular weight excluding hydrogens is 250 g/mol. The Kier molecular flexibility index (Phi) is 3.77. The maximum atomic E-state index is 11.9. The summed E-state index contributed by atoms with van der Waals surface area (Å²) >= 11 is 0. The molecule has 0 saturated heterocycles. The smallest absolute Gasteiger partial charge is 0.244 e. The predicted octanol–water partition coefficient (Wildman–Crippen LogP) is 3.01. The number of ether oxygens (including phenoxy) is 1. The molecule has 20 heavy (non-hydrogen) atoms. The van der Waals surface area contributed by atoms with Crippen LogP contribution in [0.15, 0.2) is 30.3 Å². The van der Waals surface area contributed by atoms with E-state index < -0.39 is 0 Å². The van der Waals surface area contributed by atoms with Gasteiger partial charge in [-0.25, -0.2) is 0 Å². The third-order valence-electron chi connectivity index (χ3n) is 4.61. The lowest BCUT2D eigenvalue weighted by Gasteiger charge is -2.22. The first-order valence-electron chi connectivity index (χ1n) is 7.37. The van der Waals surface area contributed by atoms with Crippen molar-refractivity contribution in [3.63, 3.8) is 0 Å². The molecule has 0 aromatic heterocycles. The Labute approximate surface area is 120 Å². The number of methoxy groups -OCH3 is 1. The van der Waals surface area contributed by atoms with Crippen LogP contribution in [-0.4, -0.2) is 19.1 Å². The van der Waals surface area contributed by atoms with Crippen molar-refractivity contribution in [2.75, 3.05) is 7.11 Å². The molecule has 3 heteroatoms. The highest BCUT2D eigenvalue weighted by molar-refractivity contribution is 5.91. The summed E-state index contributed by atoms with van der Waals surface area (Å²) in [5.41, 5.74) is 1.01. The van der Waals surface area contributed by atoms with Gasteiger partial charge in [0.2, 0.25) is 5.91 Å². The van der Waals surface area contributed by atoms with Crippen LogP contribution in [0.2, 0.25) is 0 Å². The van der Waals surface area contributed by atoms with Gasteiger partial charge in [0, 0.05) is 12.1 Å². The van der Waals surface area contributed by atoms with E-state index in [1.165, 1.54) is 25.7 Å². The van der Waals surface area contributed by atoms with Gasteiger partial charge in [0.25, 0.3) is 0 Å². The minimum atomic E-state index is 0.0263. The highest BCUT2D eigenvalue weighted by atomic mass is 16.5. The molecular formula is C17H21NO2. The molecule has 2 aliphatic carbocycles. The fourth-order valence-electron chi connectivity index (χ4n) is 3.54. The van der Waals surface area contributed by atoms with Crippen molar-refractivity contribution in [2.45, 2.75) is 31.7 Å². The average molecular weight is 271 g/mol. The average Bonchev–Trinajstić information content (AvgIpc) is 3.08. The van der Waals surface area contributed by atoms with Gasteiger partial charge in [0.05, 0.1) is 7.11 Å². The molecule has 0 aliphatic heterocycles. The van der Waals surface area contributed by atoms with Crippen molar-refractivity contribution >= 4 is 12.0 Å². The lowest BCUT2D eigenvalue weighted by Crippen LogP contribution is -2.37. The lowest BCUT2D eigenvalue weighted by molar-refractivity contribution is -0.117. The van der Waals surface area contributed by atoms with E-state index in [4.69, 9.17) is 4.74 Å². The first-order chi connectivity index (χ1) is 9.74. The van der Waals surface area contributed by atoms with E-state index in [1.54, 1.807) is 13.2 Å². The van der Waals surface area contributed by atoms with Crippen molar-refractivity contribution in [3.05, 3.63) is 35.9 Å². The van der Waals surface area contributed by atoms with Crippen LogP contribution >= 0.6 is 0 Å². The molecule has 0 unspecified atom stereocenters. The van der Waals surface area contributed by atoms with Crippen LogP contribution in [0.3, 0.4) is 0 Å². The third-order valence-corrected chi connectivity index (χ3v) is 4.61. The Hall–Kier alpha value is -1.77. The minimum absolute atomic E-state index is 0.0263. The molecule has 0 radical (unpaired) electrons. The van der Waals surface area contributed by atoms with E-state index in [-0.39, 0.29) is 5.91 Å². The monoisotopic (exact) mass is 271 g/mol. The first-order valence-corrected chi connectivity index (χ1v) is 7.37. The van der Waals surface area contributed by atoms with E-state index in [0.717, 1.165) is 23.1 Å². The molecule has 3 atom stereocenters. The first kappa shape index (κ1) is 13.2. The topological polar surface area (TPSA) is 38.3 Å². The van der Waals surface area contributed by atoms with Gasteiger partial charge in [-0.1, -0.05) is 18.6 Å². The van der Waals surface area contributed by atoms with Crippen LogP contribution < -0.4 is 10.1 Å². The Bertz CT molecular complexity index is 506. The molecule has 1 amide bonds. The zero-order valence-corrected chi connectivity index (χ0v) is 11.8. The number of rotatable bonds is 4. The van der Waals surface area contributed by atoms with Crippen molar-refractivity contribution in [2.24, 2.45) is 11.8 Å². The van der Waals surface area contributed by atoms with Crippen LogP contribution in [0.1, 0.15) is 31.2 Å². The van der Waals surface area contributed by atoms with Gasteiger partial charge in [0.15, 0.2) is 0 Å². The molecule has 2 saturated carbocycles. The standard InChI is InChI=1S/C17H21NO2/c1-20-15-7-3-12(4-8-15)5-9-17(19)18-16-11-13-2-6-14(16)10-13/h3-5,7-9,13-14,16H,2,6,10-11H2,1H3,(H,18,19)/b9-5+/t13-,14-,16-/m0/s1. The summed E-state index contributed by atoms with van der Waals surface area (Å²) in [6.45, 7) is 0. The molecule has 3 rings (SSSR count). The molecule has 3 nitrogen and oxygen atoms in total. The van der Waals surface area contributed by atoms with Crippen LogP contribution in [0, 0.1) is 11.8 Å². The van der Waals surface area contributed by atoms with E-state index in [9.17, 15) is 4.79 Å². The van der Waals surface area contributed by atoms with Gasteiger partial charge in [0.1, 0.15) is 5.75 Å². The van der Waals surface area contributed by atoms with E-state index >= 15 is 0 Å². The third kappa shape index (κ3) is 2.87. The van der Waals surface area contributed by atoms with Crippen LogP contribution in [0.4, 0.5) is 0 Å². The van der Waals surface area contributed by atoms with E-state index in [2.05, 4.69) is 5.32 Å². The molecule has 106 valence electrons. The number of hydrogen-bond donors (Lipinski definition) is 1. The quantitative estimate of drug-likeness (QED) is 0.855. The van der Waals surface area contributed by atoms with Gasteiger partial charge in [-0.3, -0.25) is 4.79 Å². The van der Waals surface area contributed by atoms with Gasteiger partial charge in [-0.15, -0.1) is 0 Å². The van der Waals surface area contributed by atoms with Crippen LogP contribution in [0.25, 0.3) is 6.08 Å². The second kappa shape index (κ2) is 5.70. The van der Waals surface area contributed by atoms with E-state index in [0.29, 0.717) is 6.04 Å². The van der Waals surface area contributed by atoms with Gasteiger partial charge in [-0.05, 0) is 54.9 Å². The van der Waals surface area contributed by atoms with Crippen molar-refractivity contribution < 1.29 is 9.53 Å².